The van der Waals surface area contributed by atoms with E-state index in [-0.39, 0.29) is 31.0 Å². The summed E-state index contributed by atoms with van der Waals surface area (Å²) in [4.78, 5) is 11.9. The maximum atomic E-state index is 13.0. The Morgan fingerprint density at radius 1 is 1.08 bits per heavy atom. The van der Waals surface area contributed by atoms with Crippen LogP contribution in [-0.4, -0.2) is 31.8 Å². The van der Waals surface area contributed by atoms with Gasteiger partial charge in [-0.3, -0.25) is 4.79 Å². The van der Waals surface area contributed by atoms with Crippen LogP contribution in [-0.2, 0) is 26.1 Å². The van der Waals surface area contributed by atoms with Crippen molar-refractivity contribution in [3.8, 4) is 0 Å². The third kappa shape index (κ3) is 5.41. The van der Waals surface area contributed by atoms with Crippen molar-refractivity contribution in [2.75, 3.05) is 13.2 Å². The van der Waals surface area contributed by atoms with E-state index in [4.69, 9.17) is 4.74 Å². The summed E-state index contributed by atoms with van der Waals surface area (Å²) in [5.41, 5.74) is 1.73. The number of nitrogens with zero attached hydrogens (tertiary/aromatic N) is 1. The van der Waals surface area contributed by atoms with Crippen LogP contribution in [0.15, 0.2) is 59.5 Å². The van der Waals surface area contributed by atoms with Crippen molar-refractivity contribution in [1.29, 1.82) is 0 Å². The molecule has 0 spiro atoms. The lowest BCUT2D eigenvalue weighted by atomic mass is 10.2. The molecule has 6 heteroatoms. The number of hydrogen-bond acceptors (Lipinski definition) is 4. The molecule has 2 rings (SSSR count). The van der Waals surface area contributed by atoms with Crippen LogP contribution >= 0.6 is 0 Å². The predicted molar refractivity (Wildman–Crippen MR) is 96.5 cm³/mol. The lowest BCUT2D eigenvalue weighted by Gasteiger charge is -2.22. The Bertz CT molecular complexity index is 803. The van der Waals surface area contributed by atoms with Crippen molar-refractivity contribution in [2.24, 2.45) is 0 Å². The second-order valence-electron chi connectivity index (χ2n) is 5.70. The standard InChI is InChI=1S/C19H23NO4S/c1-3-24-19(21)12-13-20(15-17-9-5-4-6-10-17)25(22,23)18-11-7-8-16(2)14-18/h4-11,14H,3,12-13,15H2,1-2H3. The highest BCUT2D eigenvalue weighted by atomic mass is 32.2. The highest BCUT2D eigenvalue weighted by molar-refractivity contribution is 7.89. The first-order valence-electron chi connectivity index (χ1n) is 8.20. The van der Waals surface area contributed by atoms with Crippen LogP contribution in [0.1, 0.15) is 24.5 Å². The fourth-order valence-electron chi connectivity index (χ4n) is 2.45. The lowest BCUT2D eigenvalue weighted by molar-refractivity contribution is -0.143. The Kier molecular flexibility index (Phi) is 6.73. The molecule has 0 amide bonds. The van der Waals surface area contributed by atoms with E-state index in [9.17, 15) is 13.2 Å². The van der Waals surface area contributed by atoms with Crippen LogP contribution in [0, 0.1) is 6.92 Å². The Balaban J connectivity index is 2.27. The average molecular weight is 361 g/mol. The zero-order valence-electron chi connectivity index (χ0n) is 14.5. The molecule has 25 heavy (non-hydrogen) atoms. The van der Waals surface area contributed by atoms with Gasteiger partial charge >= 0.3 is 5.97 Å². The van der Waals surface area contributed by atoms with Gasteiger partial charge in [0, 0.05) is 13.1 Å². The summed E-state index contributed by atoms with van der Waals surface area (Å²) < 4.78 is 32.3. The average Bonchev–Trinajstić information content (AvgIpc) is 2.59. The maximum absolute atomic E-state index is 13.0. The van der Waals surface area contributed by atoms with Gasteiger partial charge in [-0.2, -0.15) is 4.31 Å². The van der Waals surface area contributed by atoms with E-state index in [2.05, 4.69) is 0 Å². The summed E-state index contributed by atoms with van der Waals surface area (Å²) >= 11 is 0. The van der Waals surface area contributed by atoms with Gasteiger partial charge in [-0.1, -0.05) is 42.5 Å². The predicted octanol–water partition coefficient (Wildman–Crippen LogP) is 3.14. The summed E-state index contributed by atoms with van der Waals surface area (Å²) in [6.07, 6.45) is 0.0196. The first-order chi connectivity index (χ1) is 11.9. The Hall–Kier alpha value is -2.18. The molecule has 0 radical (unpaired) electrons. The Morgan fingerprint density at radius 3 is 2.44 bits per heavy atom. The molecular formula is C19H23NO4S. The molecule has 0 unspecified atom stereocenters. The van der Waals surface area contributed by atoms with Crippen molar-refractivity contribution in [1.82, 2.24) is 4.31 Å². The number of rotatable bonds is 8. The van der Waals surface area contributed by atoms with Gasteiger partial charge in [-0.15, -0.1) is 0 Å². The van der Waals surface area contributed by atoms with Gasteiger partial charge in [0.1, 0.15) is 0 Å². The van der Waals surface area contributed by atoms with Crippen LogP contribution in [0.4, 0.5) is 0 Å². The summed E-state index contributed by atoms with van der Waals surface area (Å²) in [6, 6.07) is 16.1. The van der Waals surface area contributed by atoms with Gasteiger partial charge < -0.3 is 4.74 Å². The highest BCUT2D eigenvalue weighted by Crippen LogP contribution is 2.20. The minimum absolute atomic E-state index is 0.0196. The summed E-state index contributed by atoms with van der Waals surface area (Å²) in [5, 5.41) is 0. The fourth-order valence-corrected chi connectivity index (χ4v) is 3.98. The summed E-state index contributed by atoms with van der Waals surface area (Å²) in [5.74, 6) is -0.403. The molecule has 0 saturated heterocycles. The van der Waals surface area contributed by atoms with E-state index in [1.807, 2.05) is 43.3 Å². The number of carbonyl (C=O) groups excluding carboxylic acids is 1. The Morgan fingerprint density at radius 2 is 1.80 bits per heavy atom. The molecule has 0 aliphatic heterocycles. The van der Waals surface area contributed by atoms with Crippen LogP contribution in [0.2, 0.25) is 0 Å². The fraction of sp³-hybridized carbons (Fsp3) is 0.316. The van der Waals surface area contributed by atoms with Gasteiger partial charge in [0.05, 0.1) is 17.9 Å². The smallest absolute Gasteiger partial charge is 0.307 e. The number of esters is 1. The number of benzene rings is 2. The zero-order chi connectivity index (χ0) is 18.3. The zero-order valence-corrected chi connectivity index (χ0v) is 15.3. The van der Waals surface area contributed by atoms with Crippen molar-refractivity contribution < 1.29 is 17.9 Å². The first kappa shape index (κ1) is 19.1. The van der Waals surface area contributed by atoms with E-state index in [0.29, 0.717) is 0 Å². The molecule has 134 valence electrons. The van der Waals surface area contributed by atoms with Crippen molar-refractivity contribution >= 4 is 16.0 Å². The molecular weight excluding hydrogens is 338 g/mol. The lowest BCUT2D eigenvalue weighted by Crippen LogP contribution is -2.33. The summed E-state index contributed by atoms with van der Waals surface area (Å²) in [6.45, 7) is 4.13. The van der Waals surface area contributed by atoms with E-state index in [1.54, 1.807) is 25.1 Å². The highest BCUT2D eigenvalue weighted by Gasteiger charge is 2.25. The monoisotopic (exact) mass is 361 g/mol. The number of aryl methyl sites for hydroxylation is 1. The number of hydrogen-bond donors (Lipinski definition) is 0. The van der Waals surface area contributed by atoms with Gasteiger partial charge in [0.15, 0.2) is 0 Å². The molecule has 0 N–H and O–H groups in total. The normalized spacial score (nSPS) is 11.5. The van der Waals surface area contributed by atoms with Crippen molar-refractivity contribution in [3.63, 3.8) is 0 Å². The van der Waals surface area contributed by atoms with E-state index in [0.717, 1.165) is 11.1 Å². The van der Waals surface area contributed by atoms with E-state index >= 15 is 0 Å². The largest absolute Gasteiger partial charge is 0.466 e. The van der Waals surface area contributed by atoms with Crippen LogP contribution in [0.5, 0.6) is 0 Å². The van der Waals surface area contributed by atoms with Gasteiger partial charge in [0.2, 0.25) is 10.0 Å². The molecule has 5 nitrogen and oxygen atoms in total. The molecule has 0 aliphatic carbocycles. The third-order valence-corrected chi connectivity index (χ3v) is 5.54. The molecule has 0 bridgehead atoms. The quantitative estimate of drug-likeness (QED) is 0.678. The topological polar surface area (TPSA) is 63.7 Å². The maximum Gasteiger partial charge on any atom is 0.307 e. The minimum atomic E-state index is -3.71. The van der Waals surface area contributed by atoms with Gasteiger partial charge in [0.25, 0.3) is 0 Å². The molecule has 0 aliphatic rings. The Labute approximate surface area is 149 Å². The van der Waals surface area contributed by atoms with Gasteiger partial charge in [-0.05, 0) is 37.1 Å². The second-order valence-corrected chi connectivity index (χ2v) is 7.63. The van der Waals surface area contributed by atoms with Gasteiger partial charge in [-0.25, -0.2) is 8.42 Å². The van der Waals surface area contributed by atoms with Crippen LogP contribution in [0.25, 0.3) is 0 Å². The minimum Gasteiger partial charge on any atom is -0.466 e. The molecule has 0 saturated carbocycles. The molecule has 2 aromatic rings. The molecule has 2 aromatic carbocycles. The third-order valence-electron chi connectivity index (χ3n) is 3.70. The second kappa shape index (κ2) is 8.78. The van der Waals surface area contributed by atoms with E-state index < -0.39 is 16.0 Å². The van der Waals surface area contributed by atoms with Crippen molar-refractivity contribution in [3.05, 3.63) is 65.7 Å². The molecule has 0 atom stereocenters. The van der Waals surface area contributed by atoms with Crippen LogP contribution < -0.4 is 0 Å². The summed E-state index contributed by atoms with van der Waals surface area (Å²) in [7, 11) is -3.71. The first-order valence-corrected chi connectivity index (χ1v) is 9.64. The number of carbonyl (C=O) groups is 1. The molecule has 0 aromatic heterocycles. The SMILES string of the molecule is CCOC(=O)CCN(Cc1ccccc1)S(=O)(=O)c1cccc(C)c1. The number of sulfonamides is 1. The molecule has 0 fully saturated rings. The molecule has 0 heterocycles. The van der Waals surface area contributed by atoms with E-state index in [1.165, 1.54) is 4.31 Å². The van der Waals surface area contributed by atoms with Crippen LogP contribution in [0.3, 0.4) is 0 Å². The van der Waals surface area contributed by atoms with Crippen molar-refractivity contribution in [2.45, 2.75) is 31.7 Å². The number of ether oxygens (including phenoxy) is 1.